The van der Waals surface area contributed by atoms with Gasteiger partial charge in [-0.05, 0) is 11.8 Å². The number of urea groups is 1. The fourth-order valence-corrected chi connectivity index (χ4v) is 3.06. The molecule has 3 amide bonds. The van der Waals surface area contributed by atoms with Crippen LogP contribution in [0.15, 0.2) is 6.07 Å². The number of aromatic nitrogens is 2. The van der Waals surface area contributed by atoms with Crippen molar-refractivity contribution in [1.82, 2.24) is 24.9 Å². The van der Waals surface area contributed by atoms with Crippen LogP contribution in [0.25, 0.3) is 0 Å². The fraction of sp³-hybridized carbons (Fsp3) is 0.667. The summed E-state index contributed by atoms with van der Waals surface area (Å²) >= 11 is 1.76. The lowest BCUT2D eigenvalue weighted by Crippen LogP contribution is -2.43. The molecule has 1 aromatic rings. The van der Waals surface area contributed by atoms with Crippen LogP contribution in [0.4, 0.5) is 4.79 Å². The average Bonchev–Trinajstić information content (AvgIpc) is 2.94. The number of rotatable bonds is 6. The number of hydrogen-bond donors (Lipinski definition) is 1. The molecule has 0 aromatic carbocycles. The lowest BCUT2D eigenvalue weighted by atomic mass is 10.3. The Morgan fingerprint density at radius 3 is 2.87 bits per heavy atom. The summed E-state index contributed by atoms with van der Waals surface area (Å²) in [6.45, 7) is 4.44. The lowest BCUT2D eigenvalue weighted by Gasteiger charge is -2.29. The van der Waals surface area contributed by atoms with Crippen LogP contribution in [-0.4, -0.2) is 63.7 Å². The maximum absolute atomic E-state index is 12.0. The number of nitrogens with zero attached hydrogens (tertiary/aromatic N) is 4. The molecule has 2 heterocycles. The highest BCUT2D eigenvalue weighted by Crippen LogP contribution is 2.14. The summed E-state index contributed by atoms with van der Waals surface area (Å²) in [6, 6.07) is 1.98. The Hall–Kier alpha value is -1.70. The molecule has 1 aliphatic rings. The van der Waals surface area contributed by atoms with Gasteiger partial charge in [-0.3, -0.25) is 9.48 Å². The van der Waals surface area contributed by atoms with Crippen molar-refractivity contribution >= 4 is 23.7 Å². The number of nitrogens with one attached hydrogen (secondary N) is 1. The average molecular weight is 339 g/mol. The fourth-order valence-electron chi connectivity index (χ4n) is 2.45. The molecule has 1 N–H and O–H groups in total. The second-order valence-electron chi connectivity index (χ2n) is 5.67. The maximum atomic E-state index is 12.0. The summed E-state index contributed by atoms with van der Waals surface area (Å²) in [5, 5.41) is 7.41. The molecule has 23 heavy (non-hydrogen) atoms. The molecule has 1 aliphatic heterocycles. The van der Waals surface area contributed by atoms with Crippen LogP contribution < -0.4 is 5.32 Å². The molecule has 0 fully saturated rings. The van der Waals surface area contributed by atoms with Crippen molar-refractivity contribution in [1.29, 1.82) is 0 Å². The van der Waals surface area contributed by atoms with Crippen molar-refractivity contribution in [3.8, 4) is 0 Å². The van der Waals surface area contributed by atoms with Crippen molar-refractivity contribution in [2.45, 2.75) is 33.0 Å². The largest absolute Gasteiger partial charge is 0.350 e. The molecule has 7 nitrogen and oxygen atoms in total. The van der Waals surface area contributed by atoms with Gasteiger partial charge in [-0.1, -0.05) is 6.92 Å². The Kier molecular flexibility index (Phi) is 6.32. The molecule has 128 valence electrons. The summed E-state index contributed by atoms with van der Waals surface area (Å²) in [5.74, 6) is 1.94. The first-order chi connectivity index (χ1) is 11.0. The smallest absolute Gasteiger partial charge is 0.319 e. The molecule has 0 bridgehead atoms. The van der Waals surface area contributed by atoms with Gasteiger partial charge >= 0.3 is 6.03 Å². The first-order valence-electron chi connectivity index (χ1n) is 7.87. The quantitative estimate of drug-likeness (QED) is 0.789. The van der Waals surface area contributed by atoms with E-state index in [9.17, 15) is 9.59 Å². The third-order valence-electron chi connectivity index (χ3n) is 3.65. The zero-order chi connectivity index (χ0) is 16.8. The minimum absolute atomic E-state index is 0.0146. The van der Waals surface area contributed by atoms with Gasteiger partial charge in [0, 0.05) is 32.8 Å². The van der Waals surface area contributed by atoms with Crippen LogP contribution in [0.2, 0.25) is 0 Å². The van der Waals surface area contributed by atoms with E-state index in [1.165, 1.54) is 0 Å². The maximum Gasteiger partial charge on any atom is 0.319 e. The SMILES string of the molecule is CCSCCC(=O)NCc1cc2n(n1)CCN(C(=O)N(C)C)C2. The summed E-state index contributed by atoms with van der Waals surface area (Å²) < 4.78 is 1.92. The van der Waals surface area contributed by atoms with E-state index in [-0.39, 0.29) is 11.9 Å². The van der Waals surface area contributed by atoms with Crippen LogP contribution in [0.1, 0.15) is 24.7 Å². The molecule has 0 aliphatic carbocycles. The van der Waals surface area contributed by atoms with Crippen molar-refractivity contribution < 1.29 is 9.59 Å². The van der Waals surface area contributed by atoms with Gasteiger partial charge in [-0.15, -0.1) is 0 Å². The molecule has 2 rings (SSSR count). The Morgan fingerprint density at radius 1 is 1.39 bits per heavy atom. The Labute approximate surface area is 141 Å². The second kappa shape index (κ2) is 8.24. The molecular formula is C15H25N5O2S. The van der Waals surface area contributed by atoms with Gasteiger partial charge in [-0.25, -0.2) is 4.79 Å². The molecule has 0 saturated carbocycles. The summed E-state index contributed by atoms with van der Waals surface area (Å²) in [5.41, 5.74) is 1.85. The van der Waals surface area contributed by atoms with Crippen LogP contribution in [-0.2, 0) is 24.4 Å². The molecule has 0 saturated heterocycles. The van der Waals surface area contributed by atoms with E-state index in [0.29, 0.717) is 32.6 Å². The van der Waals surface area contributed by atoms with E-state index in [0.717, 1.165) is 22.9 Å². The van der Waals surface area contributed by atoms with Crippen LogP contribution in [0.3, 0.4) is 0 Å². The first-order valence-corrected chi connectivity index (χ1v) is 9.03. The highest BCUT2D eigenvalue weighted by Gasteiger charge is 2.23. The second-order valence-corrected chi connectivity index (χ2v) is 7.07. The van der Waals surface area contributed by atoms with Gasteiger partial charge in [0.15, 0.2) is 0 Å². The van der Waals surface area contributed by atoms with Crippen LogP contribution >= 0.6 is 11.8 Å². The summed E-state index contributed by atoms with van der Waals surface area (Å²) in [7, 11) is 3.51. The standard InChI is InChI=1S/C15H25N5O2S/c1-4-23-8-5-14(21)16-10-12-9-13-11-19(15(22)18(2)3)6-7-20(13)17-12/h9H,4-8,10-11H2,1-3H3,(H,16,21). The van der Waals surface area contributed by atoms with E-state index in [2.05, 4.69) is 17.3 Å². The van der Waals surface area contributed by atoms with E-state index in [1.807, 2.05) is 10.7 Å². The molecule has 8 heteroatoms. The van der Waals surface area contributed by atoms with E-state index in [4.69, 9.17) is 0 Å². The Balaban J connectivity index is 1.86. The normalized spacial score (nSPS) is 13.6. The van der Waals surface area contributed by atoms with Crippen LogP contribution in [0.5, 0.6) is 0 Å². The van der Waals surface area contributed by atoms with Crippen molar-refractivity contribution in [3.05, 3.63) is 17.5 Å². The number of hydrogen-bond acceptors (Lipinski definition) is 4. The number of thioether (sulfide) groups is 1. The van der Waals surface area contributed by atoms with Gasteiger partial charge in [-0.2, -0.15) is 16.9 Å². The zero-order valence-electron chi connectivity index (χ0n) is 14.0. The molecule has 0 unspecified atom stereocenters. The number of carbonyl (C=O) groups is 2. The molecule has 0 atom stereocenters. The monoisotopic (exact) mass is 339 g/mol. The zero-order valence-corrected chi connectivity index (χ0v) is 14.9. The van der Waals surface area contributed by atoms with E-state index >= 15 is 0 Å². The van der Waals surface area contributed by atoms with Crippen molar-refractivity contribution in [2.24, 2.45) is 0 Å². The van der Waals surface area contributed by atoms with E-state index in [1.54, 1.807) is 35.7 Å². The number of fused-ring (bicyclic) bond motifs is 1. The van der Waals surface area contributed by atoms with Gasteiger partial charge in [0.2, 0.25) is 5.91 Å². The third-order valence-corrected chi connectivity index (χ3v) is 4.55. The van der Waals surface area contributed by atoms with Gasteiger partial charge in [0.05, 0.1) is 31.0 Å². The van der Waals surface area contributed by atoms with Crippen molar-refractivity contribution in [3.63, 3.8) is 0 Å². The minimum Gasteiger partial charge on any atom is -0.350 e. The molecule has 0 radical (unpaired) electrons. The highest BCUT2D eigenvalue weighted by atomic mass is 32.2. The van der Waals surface area contributed by atoms with Crippen LogP contribution in [0, 0.1) is 0 Å². The van der Waals surface area contributed by atoms with E-state index < -0.39 is 0 Å². The predicted octanol–water partition coefficient (Wildman–Crippen LogP) is 1.14. The summed E-state index contributed by atoms with van der Waals surface area (Å²) in [6.07, 6.45) is 0.539. The topological polar surface area (TPSA) is 70.5 Å². The third kappa shape index (κ3) is 4.89. The van der Waals surface area contributed by atoms with Crippen molar-refractivity contribution in [2.75, 3.05) is 32.1 Å². The predicted molar refractivity (Wildman–Crippen MR) is 91.2 cm³/mol. The minimum atomic E-state index is 0.0146. The number of amides is 3. The Morgan fingerprint density at radius 2 is 2.17 bits per heavy atom. The molecule has 1 aromatic heterocycles. The van der Waals surface area contributed by atoms with Gasteiger partial charge in [0.25, 0.3) is 0 Å². The number of carbonyl (C=O) groups excluding carboxylic acids is 2. The summed E-state index contributed by atoms with van der Waals surface area (Å²) in [4.78, 5) is 27.1. The first kappa shape index (κ1) is 17.7. The Bertz CT molecular complexity index is 558. The highest BCUT2D eigenvalue weighted by molar-refractivity contribution is 7.99. The molecule has 0 spiro atoms. The molecular weight excluding hydrogens is 314 g/mol. The van der Waals surface area contributed by atoms with Gasteiger partial charge in [0.1, 0.15) is 0 Å². The van der Waals surface area contributed by atoms with Gasteiger partial charge < -0.3 is 15.1 Å². The lowest BCUT2D eigenvalue weighted by molar-refractivity contribution is -0.120.